The van der Waals surface area contributed by atoms with Crippen molar-refractivity contribution in [2.45, 2.75) is 52.1 Å². The highest BCUT2D eigenvalue weighted by atomic mass is 16.5. The van der Waals surface area contributed by atoms with Gasteiger partial charge in [-0.3, -0.25) is 9.59 Å². The quantitative estimate of drug-likeness (QED) is 0.673. The second-order valence-corrected chi connectivity index (χ2v) is 4.27. The van der Waals surface area contributed by atoms with E-state index in [-0.39, 0.29) is 30.0 Å². The Morgan fingerprint density at radius 1 is 1.40 bits per heavy atom. The van der Waals surface area contributed by atoms with Crippen LogP contribution in [0.5, 0.6) is 0 Å². The minimum Gasteiger partial charge on any atom is -0.377 e. The van der Waals surface area contributed by atoms with Crippen LogP contribution in [-0.2, 0) is 14.3 Å². The maximum Gasteiger partial charge on any atom is 0.145 e. The summed E-state index contributed by atoms with van der Waals surface area (Å²) in [6.07, 6.45) is 3.63. The molecular formula is C12H20O3. The van der Waals surface area contributed by atoms with Crippen molar-refractivity contribution in [2.75, 3.05) is 6.61 Å². The second-order valence-electron chi connectivity index (χ2n) is 4.27. The van der Waals surface area contributed by atoms with Crippen molar-refractivity contribution in [2.24, 2.45) is 5.92 Å². The van der Waals surface area contributed by atoms with Crippen LogP contribution in [-0.4, -0.2) is 24.3 Å². The number of carbonyl (C=O) groups is 2. The number of hydrogen-bond acceptors (Lipinski definition) is 3. The average molecular weight is 212 g/mol. The Morgan fingerprint density at radius 3 is 2.80 bits per heavy atom. The summed E-state index contributed by atoms with van der Waals surface area (Å²) in [5.74, 6) is -0.0672. The first-order valence-electron chi connectivity index (χ1n) is 5.81. The lowest BCUT2D eigenvalue weighted by Gasteiger charge is -2.25. The molecule has 3 nitrogen and oxygen atoms in total. The molecule has 3 heteroatoms. The predicted molar refractivity (Wildman–Crippen MR) is 57.7 cm³/mol. The van der Waals surface area contributed by atoms with Gasteiger partial charge in [0.2, 0.25) is 0 Å². The fourth-order valence-electron chi connectivity index (χ4n) is 1.86. The Labute approximate surface area is 91.2 Å². The first-order valence-corrected chi connectivity index (χ1v) is 5.81. The lowest BCUT2D eigenvalue weighted by molar-refractivity contribution is -0.136. The van der Waals surface area contributed by atoms with E-state index in [0.717, 1.165) is 19.3 Å². The highest BCUT2D eigenvalue weighted by Crippen LogP contribution is 2.20. The van der Waals surface area contributed by atoms with Crippen LogP contribution in [0.25, 0.3) is 0 Å². The van der Waals surface area contributed by atoms with Gasteiger partial charge in [-0.1, -0.05) is 26.7 Å². The van der Waals surface area contributed by atoms with Gasteiger partial charge in [0, 0.05) is 12.3 Å². The smallest absolute Gasteiger partial charge is 0.145 e. The largest absolute Gasteiger partial charge is 0.377 e. The van der Waals surface area contributed by atoms with Gasteiger partial charge < -0.3 is 4.74 Å². The topological polar surface area (TPSA) is 43.4 Å². The zero-order valence-corrected chi connectivity index (χ0v) is 9.62. The van der Waals surface area contributed by atoms with Crippen molar-refractivity contribution in [1.82, 2.24) is 0 Å². The van der Waals surface area contributed by atoms with Gasteiger partial charge in [0.15, 0.2) is 0 Å². The predicted octanol–water partition coefficient (Wildman–Crippen LogP) is 2.13. The van der Waals surface area contributed by atoms with E-state index in [0.29, 0.717) is 13.0 Å². The molecule has 15 heavy (non-hydrogen) atoms. The molecule has 0 spiro atoms. The standard InChI is InChI=1S/C12H20O3/c1-3-4-5-12-9(2)11(14)8-10(13)6-7-15-12/h9,12H,3-8H2,1-2H3/t9-,12-/m0/s1. The van der Waals surface area contributed by atoms with E-state index in [2.05, 4.69) is 6.92 Å². The van der Waals surface area contributed by atoms with Crippen molar-refractivity contribution >= 4 is 11.6 Å². The molecule has 2 atom stereocenters. The molecule has 0 amide bonds. The third-order valence-electron chi connectivity index (χ3n) is 2.99. The van der Waals surface area contributed by atoms with Crippen LogP contribution in [0.15, 0.2) is 0 Å². The minimum atomic E-state index is -0.124. The monoisotopic (exact) mass is 212 g/mol. The molecule has 86 valence electrons. The molecule has 0 aromatic carbocycles. The summed E-state index contributed by atoms with van der Waals surface area (Å²) in [6.45, 7) is 4.48. The van der Waals surface area contributed by atoms with Crippen LogP contribution in [0.4, 0.5) is 0 Å². The molecule has 0 radical (unpaired) electrons. The zero-order valence-electron chi connectivity index (χ0n) is 9.62. The fourth-order valence-corrected chi connectivity index (χ4v) is 1.86. The molecule has 0 aromatic heterocycles. The van der Waals surface area contributed by atoms with E-state index in [4.69, 9.17) is 4.74 Å². The van der Waals surface area contributed by atoms with Crippen LogP contribution in [0.3, 0.4) is 0 Å². The van der Waals surface area contributed by atoms with Crippen LogP contribution >= 0.6 is 0 Å². The normalized spacial score (nSPS) is 28.7. The maximum absolute atomic E-state index is 11.6. The molecule has 1 aliphatic heterocycles. The second kappa shape index (κ2) is 6.01. The van der Waals surface area contributed by atoms with Gasteiger partial charge in [0.25, 0.3) is 0 Å². The summed E-state index contributed by atoms with van der Waals surface area (Å²) >= 11 is 0. The van der Waals surface area contributed by atoms with Gasteiger partial charge in [-0.15, -0.1) is 0 Å². The van der Waals surface area contributed by atoms with Crippen molar-refractivity contribution in [1.29, 1.82) is 0 Å². The first kappa shape index (κ1) is 12.4. The Balaban J connectivity index is 2.55. The lowest BCUT2D eigenvalue weighted by Crippen LogP contribution is -2.33. The van der Waals surface area contributed by atoms with E-state index >= 15 is 0 Å². The number of carbonyl (C=O) groups excluding carboxylic acids is 2. The Morgan fingerprint density at radius 2 is 2.13 bits per heavy atom. The SMILES string of the molecule is CCCC[C@@H]1OCCC(=O)CC(=O)[C@@H]1C. The van der Waals surface area contributed by atoms with E-state index in [1.807, 2.05) is 6.92 Å². The molecule has 1 aliphatic rings. The minimum absolute atomic E-state index is 0.0146. The van der Waals surface area contributed by atoms with Crippen LogP contribution < -0.4 is 0 Å². The third-order valence-corrected chi connectivity index (χ3v) is 2.99. The molecule has 1 rings (SSSR count). The zero-order chi connectivity index (χ0) is 11.3. The van der Waals surface area contributed by atoms with Gasteiger partial charge in [-0.05, 0) is 6.42 Å². The van der Waals surface area contributed by atoms with E-state index < -0.39 is 0 Å². The number of ether oxygens (including phenoxy) is 1. The number of unbranched alkanes of at least 4 members (excludes halogenated alkanes) is 1. The first-order chi connectivity index (χ1) is 7.15. The van der Waals surface area contributed by atoms with Gasteiger partial charge in [0.1, 0.15) is 11.6 Å². The molecule has 0 saturated carbocycles. The summed E-state index contributed by atoms with van der Waals surface area (Å²) in [5.41, 5.74) is 0. The molecular weight excluding hydrogens is 192 g/mol. The molecule has 0 N–H and O–H groups in total. The van der Waals surface area contributed by atoms with Gasteiger partial charge in [-0.25, -0.2) is 0 Å². The summed E-state index contributed by atoms with van der Waals surface area (Å²) in [4.78, 5) is 22.9. The van der Waals surface area contributed by atoms with Crippen LogP contribution in [0.2, 0.25) is 0 Å². The number of rotatable bonds is 3. The molecule has 0 bridgehead atoms. The lowest BCUT2D eigenvalue weighted by atomic mass is 9.91. The summed E-state index contributed by atoms with van der Waals surface area (Å²) in [5, 5.41) is 0. The van der Waals surface area contributed by atoms with Crippen molar-refractivity contribution in [3.63, 3.8) is 0 Å². The Hall–Kier alpha value is -0.700. The highest BCUT2D eigenvalue weighted by molar-refractivity contribution is 6.00. The van der Waals surface area contributed by atoms with E-state index in [9.17, 15) is 9.59 Å². The van der Waals surface area contributed by atoms with E-state index in [1.165, 1.54) is 0 Å². The number of Topliss-reactive ketones (excluding diaryl/α,β-unsaturated/α-hetero) is 2. The van der Waals surface area contributed by atoms with Gasteiger partial charge in [0.05, 0.1) is 19.1 Å². The van der Waals surface area contributed by atoms with Crippen LogP contribution in [0.1, 0.15) is 46.0 Å². The fraction of sp³-hybridized carbons (Fsp3) is 0.833. The summed E-state index contributed by atoms with van der Waals surface area (Å²) in [7, 11) is 0. The van der Waals surface area contributed by atoms with Crippen molar-refractivity contribution < 1.29 is 14.3 Å². The molecule has 0 unspecified atom stereocenters. The highest BCUT2D eigenvalue weighted by Gasteiger charge is 2.27. The molecule has 0 aromatic rings. The molecule has 1 fully saturated rings. The Bertz CT molecular complexity index is 235. The average Bonchev–Trinajstić information content (AvgIpc) is 2.20. The number of hydrogen-bond donors (Lipinski definition) is 0. The molecule has 1 saturated heterocycles. The molecule has 1 heterocycles. The Kier molecular flexibility index (Phi) is 4.95. The summed E-state index contributed by atoms with van der Waals surface area (Å²) in [6, 6.07) is 0. The summed E-state index contributed by atoms with van der Waals surface area (Å²) < 4.78 is 5.60. The van der Waals surface area contributed by atoms with Crippen LogP contribution in [0, 0.1) is 5.92 Å². The van der Waals surface area contributed by atoms with Crippen molar-refractivity contribution in [3.8, 4) is 0 Å². The number of ketones is 2. The van der Waals surface area contributed by atoms with E-state index in [1.54, 1.807) is 0 Å². The van der Waals surface area contributed by atoms with Crippen molar-refractivity contribution in [3.05, 3.63) is 0 Å². The van der Waals surface area contributed by atoms with Gasteiger partial charge >= 0.3 is 0 Å². The van der Waals surface area contributed by atoms with Gasteiger partial charge in [-0.2, -0.15) is 0 Å². The maximum atomic E-state index is 11.6. The molecule has 0 aliphatic carbocycles. The third kappa shape index (κ3) is 3.74.